The molecule has 0 atom stereocenters. The molecule has 0 bridgehead atoms. The summed E-state index contributed by atoms with van der Waals surface area (Å²) in [6.07, 6.45) is 0. The fraction of sp³-hybridized carbons (Fsp3) is 0. The Morgan fingerprint density at radius 3 is 1.43 bits per heavy atom. The molecule has 9 aromatic carbocycles. The van der Waals surface area contributed by atoms with E-state index in [1.165, 1.54) is 43.6 Å². The molecule has 0 aliphatic carbocycles. The van der Waals surface area contributed by atoms with Crippen molar-refractivity contribution in [1.82, 2.24) is 24.1 Å². The molecule has 0 radical (unpaired) electrons. The molecular formula is C55H35N5. The Balaban J connectivity index is 1.05. The van der Waals surface area contributed by atoms with Crippen molar-refractivity contribution in [1.29, 1.82) is 0 Å². The van der Waals surface area contributed by atoms with Crippen LogP contribution in [-0.4, -0.2) is 24.1 Å². The number of hydrogen-bond donors (Lipinski definition) is 0. The van der Waals surface area contributed by atoms with Crippen molar-refractivity contribution in [3.05, 3.63) is 212 Å². The van der Waals surface area contributed by atoms with Crippen LogP contribution in [-0.2, 0) is 0 Å². The van der Waals surface area contributed by atoms with Crippen molar-refractivity contribution in [3.8, 4) is 56.7 Å². The highest BCUT2D eigenvalue weighted by Gasteiger charge is 2.22. The monoisotopic (exact) mass is 765 g/mol. The first-order chi connectivity index (χ1) is 29.8. The predicted octanol–water partition coefficient (Wildman–Crippen LogP) is 13.9. The van der Waals surface area contributed by atoms with Gasteiger partial charge in [0.2, 0.25) is 0 Å². The van der Waals surface area contributed by atoms with Gasteiger partial charge in [0.15, 0.2) is 17.5 Å². The van der Waals surface area contributed by atoms with Crippen LogP contribution in [0.5, 0.6) is 0 Å². The maximum atomic E-state index is 5.17. The van der Waals surface area contributed by atoms with Gasteiger partial charge in [-0.2, -0.15) is 0 Å². The Labute approximate surface area is 346 Å². The quantitative estimate of drug-likeness (QED) is 0.169. The van der Waals surface area contributed by atoms with Crippen molar-refractivity contribution in [2.24, 2.45) is 0 Å². The van der Waals surface area contributed by atoms with E-state index in [1.54, 1.807) is 0 Å². The van der Waals surface area contributed by atoms with Crippen LogP contribution in [0.4, 0.5) is 0 Å². The lowest BCUT2D eigenvalue weighted by atomic mass is 9.99. The number of aromatic nitrogens is 5. The Morgan fingerprint density at radius 2 is 0.767 bits per heavy atom. The Kier molecular flexibility index (Phi) is 7.78. The molecule has 0 spiro atoms. The zero-order chi connectivity index (χ0) is 39.6. The van der Waals surface area contributed by atoms with Crippen LogP contribution in [0, 0.1) is 0 Å². The van der Waals surface area contributed by atoms with E-state index in [0.29, 0.717) is 17.5 Å². The zero-order valence-electron chi connectivity index (χ0n) is 32.4. The van der Waals surface area contributed by atoms with E-state index in [0.717, 1.165) is 50.0 Å². The van der Waals surface area contributed by atoms with Gasteiger partial charge in [-0.1, -0.05) is 170 Å². The lowest BCUT2D eigenvalue weighted by molar-refractivity contribution is 1.07. The molecule has 60 heavy (non-hydrogen) atoms. The van der Waals surface area contributed by atoms with Gasteiger partial charge in [-0.25, -0.2) is 15.0 Å². The summed E-state index contributed by atoms with van der Waals surface area (Å²) >= 11 is 0. The highest BCUT2D eigenvalue weighted by atomic mass is 15.0. The van der Waals surface area contributed by atoms with Crippen LogP contribution in [0.1, 0.15) is 0 Å². The summed E-state index contributed by atoms with van der Waals surface area (Å²) in [5, 5.41) is 7.15. The summed E-state index contributed by atoms with van der Waals surface area (Å²) in [5.74, 6) is 1.91. The van der Waals surface area contributed by atoms with Crippen molar-refractivity contribution < 1.29 is 0 Å². The van der Waals surface area contributed by atoms with Crippen LogP contribution in [0.3, 0.4) is 0 Å². The second-order valence-electron chi connectivity index (χ2n) is 15.2. The van der Waals surface area contributed by atoms with Crippen LogP contribution in [0.25, 0.3) is 111 Å². The van der Waals surface area contributed by atoms with Crippen molar-refractivity contribution in [2.75, 3.05) is 0 Å². The highest BCUT2D eigenvalue weighted by molar-refractivity contribution is 6.23. The van der Waals surface area contributed by atoms with E-state index in [2.05, 4.69) is 191 Å². The van der Waals surface area contributed by atoms with Crippen LogP contribution < -0.4 is 0 Å². The minimum absolute atomic E-state index is 0.631. The average molecular weight is 766 g/mol. The lowest BCUT2D eigenvalue weighted by Gasteiger charge is -2.14. The minimum Gasteiger partial charge on any atom is -0.307 e. The van der Waals surface area contributed by atoms with Gasteiger partial charge in [0.05, 0.1) is 22.1 Å². The maximum absolute atomic E-state index is 5.17. The summed E-state index contributed by atoms with van der Waals surface area (Å²) in [5.41, 5.74) is 12.0. The molecule has 0 amide bonds. The van der Waals surface area contributed by atoms with E-state index in [1.807, 2.05) is 30.3 Å². The molecule has 0 saturated heterocycles. The molecule has 0 saturated carbocycles. The van der Waals surface area contributed by atoms with Gasteiger partial charge in [-0.15, -0.1) is 0 Å². The second kappa shape index (κ2) is 13.8. The van der Waals surface area contributed by atoms with E-state index in [4.69, 9.17) is 15.0 Å². The summed E-state index contributed by atoms with van der Waals surface area (Å²) < 4.78 is 4.88. The van der Waals surface area contributed by atoms with Gasteiger partial charge in [0, 0.05) is 49.6 Å². The molecule has 0 unspecified atom stereocenters. The molecule has 3 aromatic heterocycles. The van der Waals surface area contributed by atoms with Crippen LogP contribution in [0.15, 0.2) is 212 Å². The van der Waals surface area contributed by atoms with Gasteiger partial charge in [-0.3, -0.25) is 0 Å². The third kappa shape index (κ3) is 5.44. The van der Waals surface area contributed by atoms with Crippen LogP contribution >= 0.6 is 0 Å². The second-order valence-corrected chi connectivity index (χ2v) is 15.2. The van der Waals surface area contributed by atoms with E-state index >= 15 is 0 Å². The molecule has 12 rings (SSSR count). The molecule has 5 nitrogen and oxygen atoms in total. The minimum atomic E-state index is 0.631. The molecule has 0 fully saturated rings. The summed E-state index contributed by atoms with van der Waals surface area (Å²) in [7, 11) is 0. The molecule has 0 aliphatic heterocycles. The normalized spacial score (nSPS) is 11.7. The fourth-order valence-corrected chi connectivity index (χ4v) is 9.01. The predicted molar refractivity (Wildman–Crippen MR) is 248 cm³/mol. The Morgan fingerprint density at radius 1 is 0.283 bits per heavy atom. The SMILES string of the molecule is c1ccc(-c2nc(-c3ccc4cc(-n5c6ccccc6c6ccc7c8ccccc8n(-c8ccccc8)c7c65)ccc4c3)nc(-c3ccccc3-c3ccccc3)n2)cc1. The number of benzene rings is 9. The number of nitrogens with zero attached hydrogens (tertiary/aromatic N) is 5. The van der Waals surface area contributed by atoms with Crippen LogP contribution in [0.2, 0.25) is 0 Å². The first-order valence-electron chi connectivity index (χ1n) is 20.3. The molecule has 0 aliphatic rings. The standard InChI is InChI=1S/C55H35N5/c1-4-16-36(17-5-1)43-22-10-11-25-48(43)55-57-53(37-18-6-2-7-19-37)56-54(58-55)40-29-28-39-35-42(31-30-38(39)34-40)60-50-27-15-13-24-45(50)47-33-32-46-44-23-12-14-26-49(44)59(51(46)52(47)60)41-20-8-3-9-21-41/h1-35H. The number of para-hydroxylation sites is 3. The summed E-state index contributed by atoms with van der Waals surface area (Å²) in [6, 6.07) is 75.1. The average Bonchev–Trinajstić information content (AvgIpc) is 3.85. The van der Waals surface area contributed by atoms with Crippen molar-refractivity contribution in [2.45, 2.75) is 0 Å². The lowest BCUT2D eigenvalue weighted by Crippen LogP contribution is -2.01. The zero-order valence-corrected chi connectivity index (χ0v) is 32.4. The van der Waals surface area contributed by atoms with E-state index in [9.17, 15) is 0 Å². The maximum Gasteiger partial charge on any atom is 0.164 e. The van der Waals surface area contributed by atoms with Crippen molar-refractivity contribution in [3.63, 3.8) is 0 Å². The highest BCUT2D eigenvalue weighted by Crippen LogP contribution is 2.42. The molecule has 280 valence electrons. The first-order valence-corrected chi connectivity index (χ1v) is 20.3. The van der Waals surface area contributed by atoms with E-state index < -0.39 is 0 Å². The molecule has 12 aromatic rings. The summed E-state index contributed by atoms with van der Waals surface area (Å²) in [6.45, 7) is 0. The Hall–Kier alpha value is -8.15. The van der Waals surface area contributed by atoms with Gasteiger partial charge in [-0.05, 0) is 64.4 Å². The van der Waals surface area contributed by atoms with Crippen molar-refractivity contribution >= 4 is 54.4 Å². The van der Waals surface area contributed by atoms with Gasteiger partial charge in [0.25, 0.3) is 0 Å². The number of rotatable bonds is 6. The summed E-state index contributed by atoms with van der Waals surface area (Å²) in [4.78, 5) is 15.3. The van der Waals surface area contributed by atoms with Gasteiger partial charge in [0.1, 0.15) is 0 Å². The topological polar surface area (TPSA) is 48.5 Å². The first kappa shape index (κ1) is 33.9. The van der Waals surface area contributed by atoms with Gasteiger partial charge >= 0.3 is 0 Å². The smallest absolute Gasteiger partial charge is 0.164 e. The van der Waals surface area contributed by atoms with Gasteiger partial charge < -0.3 is 9.13 Å². The number of fused-ring (bicyclic) bond motifs is 8. The third-order valence-corrected chi connectivity index (χ3v) is 11.7. The largest absolute Gasteiger partial charge is 0.307 e. The molecule has 5 heteroatoms. The molecular weight excluding hydrogens is 731 g/mol. The third-order valence-electron chi connectivity index (χ3n) is 11.7. The molecule has 3 heterocycles. The van der Waals surface area contributed by atoms with E-state index in [-0.39, 0.29) is 0 Å². The fourth-order valence-electron chi connectivity index (χ4n) is 9.01. The number of hydrogen-bond acceptors (Lipinski definition) is 3. The Bertz CT molecular complexity index is 3590. The molecule has 0 N–H and O–H groups in total.